The van der Waals surface area contributed by atoms with Gasteiger partial charge in [0, 0.05) is 0 Å². The Hall–Kier alpha value is -2.77. The van der Waals surface area contributed by atoms with Gasteiger partial charge in [-0.05, 0) is 12.1 Å². The Balaban J connectivity index is 0.000000360. The SMILES string of the molecule is COc1ccccc1C(=O)O.O=C(O)OC(=O)O. The van der Waals surface area contributed by atoms with Crippen LogP contribution in [0.2, 0.25) is 0 Å². The number of rotatable bonds is 2. The van der Waals surface area contributed by atoms with Crippen molar-refractivity contribution in [1.29, 1.82) is 0 Å². The van der Waals surface area contributed by atoms with Gasteiger partial charge < -0.3 is 24.8 Å². The maximum absolute atomic E-state index is 10.5. The number of benzene rings is 1. The molecule has 0 spiro atoms. The third kappa shape index (κ3) is 5.95. The van der Waals surface area contributed by atoms with E-state index < -0.39 is 18.3 Å². The van der Waals surface area contributed by atoms with Gasteiger partial charge in [0.1, 0.15) is 11.3 Å². The Morgan fingerprint density at radius 1 is 1.00 bits per heavy atom. The average Bonchev–Trinajstić information content (AvgIpc) is 2.27. The quantitative estimate of drug-likeness (QED) is 0.540. The molecule has 98 valence electrons. The second-order valence-electron chi connectivity index (χ2n) is 2.64. The van der Waals surface area contributed by atoms with Crippen LogP contribution in [0.4, 0.5) is 9.59 Å². The summed E-state index contributed by atoms with van der Waals surface area (Å²) in [6.45, 7) is 0. The van der Waals surface area contributed by atoms with Crippen molar-refractivity contribution >= 4 is 18.3 Å². The predicted molar refractivity (Wildman–Crippen MR) is 57.1 cm³/mol. The first-order chi connectivity index (χ1) is 8.38. The lowest BCUT2D eigenvalue weighted by Gasteiger charge is -2.01. The molecule has 1 aromatic carbocycles. The van der Waals surface area contributed by atoms with Crippen LogP contribution in [0.15, 0.2) is 24.3 Å². The standard InChI is InChI=1S/C8H8O3.C2H2O5/c1-11-7-5-3-2-4-6(7)8(9)10;3-1(4)7-2(5)6/h2-5H,1H3,(H,9,10);(H,3,4)(H,5,6). The lowest BCUT2D eigenvalue weighted by molar-refractivity contribution is 0.0690. The van der Waals surface area contributed by atoms with Gasteiger partial charge in [-0.3, -0.25) is 0 Å². The lowest BCUT2D eigenvalue weighted by Crippen LogP contribution is -2.05. The molecule has 0 aliphatic carbocycles. The molecule has 0 amide bonds. The van der Waals surface area contributed by atoms with Crippen molar-refractivity contribution in [2.45, 2.75) is 0 Å². The molecule has 0 aromatic heterocycles. The minimum absolute atomic E-state index is 0.190. The van der Waals surface area contributed by atoms with E-state index in [0.29, 0.717) is 5.75 Å². The van der Waals surface area contributed by atoms with E-state index in [4.69, 9.17) is 20.1 Å². The minimum Gasteiger partial charge on any atom is -0.496 e. The summed E-state index contributed by atoms with van der Waals surface area (Å²) in [5, 5.41) is 23.6. The molecule has 0 saturated carbocycles. The van der Waals surface area contributed by atoms with Crippen molar-refractivity contribution in [2.75, 3.05) is 7.11 Å². The second kappa shape index (κ2) is 7.49. The lowest BCUT2D eigenvalue weighted by atomic mass is 10.2. The van der Waals surface area contributed by atoms with E-state index in [9.17, 15) is 14.4 Å². The van der Waals surface area contributed by atoms with E-state index in [1.54, 1.807) is 18.2 Å². The normalized spacial score (nSPS) is 8.50. The van der Waals surface area contributed by atoms with Crippen molar-refractivity contribution in [3.05, 3.63) is 29.8 Å². The van der Waals surface area contributed by atoms with E-state index in [2.05, 4.69) is 4.74 Å². The van der Waals surface area contributed by atoms with E-state index in [0.717, 1.165) is 0 Å². The molecule has 1 aromatic rings. The number of para-hydroxylation sites is 1. The summed E-state index contributed by atoms with van der Waals surface area (Å²) in [6.07, 6.45) is -3.62. The number of aromatic carboxylic acids is 1. The van der Waals surface area contributed by atoms with Gasteiger partial charge in [0.2, 0.25) is 0 Å². The average molecular weight is 258 g/mol. The van der Waals surface area contributed by atoms with Gasteiger partial charge in [0.25, 0.3) is 0 Å². The van der Waals surface area contributed by atoms with E-state index in [1.807, 2.05) is 0 Å². The van der Waals surface area contributed by atoms with Crippen LogP contribution in [0.3, 0.4) is 0 Å². The van der Waals surface area contributed by atoms with Crippen LogP contribution in [0.1, 0.15) is 10.4 Å². The van der Waals surface area contributed by atoms with E-state index in [1.165, 1.54) is 13.2 Å². The fourth-order valence-corrected chi connectivity index (χ4v) is 0.896. The summed E-state index contributed by atoms with van der Waals surface area (Å²) < 4.78 is 7.91. The summed E-state index contributed by atoms with van der Waals surface area (Å²) in [4.78, 5) is 28.9. The molecule has 0 aliphatic rings. The van der Waals surface area contributed by atoms with Gasteiger partial charge >= 0.3 is 18.3 Å². The summed E-state index contributed by atoms with van der Waals surface area (Å²) in [5.74, 6) is -0.581. The summed E-state index contributed by atoms with van der Waals surface area (Å²) in [7, 11) is 1.45. The molecule has 0 saturated heterocycles. The monoisotopic (exact) mass is 258 g/mol. The van der Waals surface area contributed by atoms with Gasteiger partial charge in [-0.1, -0.05) is 12.1 Å². The van der Waals surface area contributed by atoms with Crippen LogP contribution in [0.5, 0.6) is 5.75 Å². The molecule has 8 nitrogen and oxygen atoms in total. The van der Waals surface area contributed by atoms with Crippen LogP contribution in [-0.2, 0) is 4.74 Å². The van der Waals surface area contributed by atoms with Crippen LogP contribution in [0.25, 0.3) is 0 Å². The molecule has 8 heteroatoms. The molecule has 1 rings (SSSR count). The van der Waals surface area contributed by atoms with Crippen LogP contribution < -0.4 is 4.74 Å². The number of carboxylic acids is 1. The molecule has 0 atom stereocenters. The van der Waals surface area contributed by atoms with Crippen molar-refractivity contribution in [1.82, 2.24) is 0 Å². The summed E-state index contributed by atoms with van der Waals surface area (Å²) in [6, 6.07) is 6.50. The zero-order chi connectivity index (χ0) is 14.1. The molecule has 0 radical (unpaired) electrons. The molecule has 18 heavy (non-hydrogen) atoms. The molecule has 0 unspecified atom stereocenters. The van der Waals surface area contributed by atoms with Gasteiger partial charge in [-0.15, -0.1) is 0 Å². The van der Waals surface area contributed by atoms with Crippen LogP contribution in [-0.4, -0.2) is 40.7 Å². The fraction of sp³-hybridized carbons (Fsp3) is 0.100. The molecule has 0 fully saturated rings. The van der Waals surface area contributed by atoms with Crippen molar-refractivity contribution in [3.63, 3.8) is 0 Å². The van der Waals surface area contributed by atoms with E-state index in [-0.39, 0.29) is 5.56 Å². The van der Waals surface area contributed by atoms with Crippen molar-refractivity contribution < 1.29 is 39.2 Å². The minimum atomic E-state index is -1.81. The number of methoxy groups -OCH3 is 1. The van der Waals surface area contributed by atoms with Crippen LogP contribution >= 0.6 is 0 Å². The molecule has 0 aliphatic heterocycles. The van der Waals surface area contributed by atoms with Gasteiger partial charge in [0.15, 0.2) is 0 Å². The maximum Gasteiger partial charge on any atom is 0.516 e. The maximum atomic E-state index is 10.5. The van der Waals surface area contributed by atoms with Crippen molar-refractivity contribution in [2.24, 2.45) is 0 Å². The first kappa shape index (κ1) is 15.2. The van der Waals surface area contributed by atoms with E-state index >= 15 is 0 Å². The first-order valence-corrected chi connectivity index (χ1v) is 4.38. The Morgan fingerprint density at radius 2 is 1.50 bits per heavy atom. The Morgan fingerprint density at radius 3 is 1.78 bits per heavy atom. The molecular weight excluding hydrogens is 248 g/mol. The number of ether oxygens (including phenoxy) is 2. The summed E-state index contributed by atoms with van der Waals surface area (Å²) >= 11 is 0. The molecular formula is C10H10O8. The third-order valence-electron chi connectivity index (χ3n) is 1.51. The van der Waals surface area contributed by atoms with Crippen molar-refractivity contribution in [3.8, 4) is 5.75 Å². The zero-order valence-electron chi connectivity index (χ0n) is 9.19. The highest BCUT2D eigenvalue weighted by Crippen LogP contribution is 2.16. The second-order valence-corrected chi connectivity index (χ2v) is 2.64. The summed E-state index contributed by atoms with van der Waals surface area (Å²) in [5.41, 5.74) is 0.190. The van der Waals surface area contributed by atoms with Gasteiger partial charge in [-0.2, -0.15) is 0 Å². The Labute approximate surface area is 101 Å². The molecule has 0 bridgehead atoms. The highest BCUT2D eigenvalue weighted by atomic mass is 16.7. The topological polar surface area (TPSA) is 130 Å². The number of hydrogen-bond acceptors (Lipinski definition) is 5. The first-order valence-electron chi connectivity index (χ1n) is 4.38. The highest BCUT2D eigenvalue weighted by Gasteiger charge is 2.07. The Bertz CT molecular complexity index is 427. The fourth-order valence-electron chi connectivity index (χ4n) is 0.896. The van der Waals surface area contributed by atoms with Crippen LogP contribution in [0, 0.1) is 0 Å². The third-order valence-corrected chi connectivity index (χ3v) is 1.51. The highest BCUT2D eigenvalue weighted by molar-refractivity contribution is 5.90. The number of carbonyl (C=O) groups is 3. The molecule has 0 heterocycles. The largest absolute Gasteiger partial charge is 0.516 e. The van der Waals surface area contributed by atoms with Gasteiger partial charge in [-0.25, -0.2) is 14.4 Å². The smallest absolute Gasteiger partial charge is 0.496 e. The zero-order valence-corrected chi connectivity index (χ0v) is 9.19. The van der Waals surface area contributed by atoms with Gasteiger partial charge in [0.05, 0.1) is 7.11 Å². The Kier molecular flexibility index (Phi) is 6.34. The number of hydrogen-bond donors (Lipinski definition) is 3. The number of carboxylic acid groups (broad SMARTS) is 3. The predicted octanol–water partition coefficient (Wildman–Crippen LogP) is 1.75. The molecule has 3 N–H and O–H groups in total.